The third-order valence-electron chi connectivity index (χ3n) is 3.60. The molecule has 0 aromatic heterocycles. The van der Waals surface area contributed by atoms with Crippen molar-refractivity contribution in [3.63, 3.8) is 0 Å². The standard InChI is InChI=1S/C16H22F2N2O3/c1-16(2,3)23-15(21)20-6-5-11(19)12-9(8-20)7-10(17)14(22-4)13(12)18/h7,11H,5-6,8,19H2,1-4H3/t11-/m1/s1. The van der Waals surface area contributed by atoms with Gasteiger partial charge in [-0.25, -0.2) is 13.6 Å². The van der Waals surface area contributed by atoms with Gasteiger partial charge in [0.05, 0.1) is 7.11 Å². The van der Waals surface area contributed by atoms with E-state index in [9.17, 15) is 13.6 Å². The van der Waals surface area contributed by atoms with E-state index < -0.39 is 35.1 Å². The number of benzene rings is 1. The van der Waals surface area contributed by atoms with E-state index in [0.29, 0.717) is 18.5 Å². The second kappa shape index (κ2) is 6.31. The first-order chi connectivity index (χ1) is 10.6. The zero-order valence-corrected chi connectivity index (χ0v) is 13.8. The van der Waals surface area contributed by atoms with Crippen LogP contribution in [0.25, 0.3) is 0 Å². The number of nitrogens with zero attached hydrogens (tertiary/aromatic N) is 1. The van der Waals surface area contributed by atoms with E-state index >= 15 is 0 Å². The highest BCUT2D eigenvalue weighted by Gasteiger charge is 2.31. The number of hydrogen-bond acceptors (Lipinski definition) is 4. The molecule has 0 bridgehead atoms. The zero-order chi connectivity index (χ0) is 17.4. The highest BCUT2D eigenvalue weighted by Crippen LogP contribution is 2.34. The van der Waals surface area contributed by atoms with Gasteiger partial charge >= 0.3 is 6.09 Å². The Morgan fingerprint density at radius 1 is 1.39 bits per heavy atom. The first-order valence-corrected chi connectivity index (χ1v) is 7.42. The summed E-state index contributed by atoms with van der Waals surface area (Å²) in [5.41, 5.74) is 5.89. The van der Waals surface area contributed by atoms with Crippen molar-refractivity contribution in [1.29, 1.82) is 0 Å². The molecule has 1 aromatic rings. The molecule has 0 fully saturated rings. The average molecular weight is 328 g/mol. The number of carbonyl (C=O) groups excluding carboxylic acids is 1. The van der Waals surface area contributed by atoms with Gasteiger partial charge in [-0.3, -0.25) is 0 Å². The fraction of sp³-hybridized carbons (Fsp3) is 0.562. The van der Waals surface area contributed by atoms with Crippen molar-refractivity contribution in [1.82, 2.24) is 4.90 Å². The Hall–Kier alpha value is -1.89. The van der Waals surface area contributed by atoms with E-state index in [2.05, 4.69) is 0 Å². The second-order valence-electron chi connectivity index (χ2n) is 6.58. The molecule has 23 heavy (non-hydrogen) atoms. The molecule has 2 N–H and O–H groups in total. The molecular formula is C16H22F2N2O3. The lowest BCUT2D eigenvalue weighted by atomic mass is 9.98. The normalized spacial score (nSPS) is 18.2. The number of carbonyl (C=O) groups is 1. The molecule has 0 saturated carbocycles. The minimum Gasteiger partial charge on any atom is -0.491 e. The summed E-state index contributed by atoms with van der Waals surface area (Å²) in [6.45, 7) is 5.61. The van der Waals surface area contributed by atoms with Gasteiger partial charge in [0.25, 0.3) is 0 Å². The van der Waals surface area contributed by atoms with Gasteiger partial charge in [0.15, 0.2) is 17.4 Å². The van der Waals surface area contributed by atoms with E-state index in [4.69, 9.17) is 15.2 Å². The van der Waals surface area contributed by atoms with Crippen LogP contribution in [-0.4, -0.2) is 30.2 Å². The molecule has 0 saturated heterocycles. The lowest BCUT2D eigenvalue weighted by molar-refractivity contribution is 0.0234. The van der Waals surface area contributed by atoms with Crippen LogP contribution in [0.5, 0.6) is 5.75 Å². The van der Waals surface area contributed by atoms with Crippen molar-refractivity contribution in [2.24, 2.45) is 5.73 Å². The van der Waals surface area contributed by atoms with Gasteiger partial charge in [0, 0.05) is 24.7 Å². The Labute approximate surface area is 134 Å². The number of halogens is 2. The van der Waals surface area contributed by atoms with Gasteiger partial charge in [-0.2, -0.15) is 0 Å². The quantitative estimate of drug-likeness (QED) is 0.860. The zero-order valence-electron chi connectivity index (χ0n) is 13.8. The maximum Gasteiger partial charge on any atom is 0.410 e. The average Bonchev–Trinajstić information content (AvgIpc) is 2.56. The summed E-state index contributed by atoms with van der Waals surface area (Å²) in [5, 5.41) is 0. The molecule has 0 radical (unpaired) electrons. The van der Waals surface area contributed by atoms with Crippen LogP contribution in [0.2, 0.25) is 0 Å². The van der Waals surface area contributed by atoms with E-state index in [1.807, 2.05) is 0 Å². The Balaban J connectivity index is 2.37. The van der Waals surface area contributed by atoms with Crippen LogP contribution < -0.4 is 10.5 Å². The summed E-state index contributed by atoms with van der Waals surface area (Å²) in [7, 11) is 1.20. The maximum absolute atomic E-state index is 14.5. The summed E-state index contributed by atoms with van der Waals surface area (Å²) in [6, 6.07) is 0.520. The largest absolute Gasteiger partial charge is 0.491 e. The molecule has 7 heteroatoms. The van der Waals surface area contributed by atoms with Crippen LogP contribution >= 0.6 is 0 Å². The Kier molecular flexibility index (Phi) is 4.79. The van der Waals surface area contributed by atoms with E-state index in [1.165, 1.54) is 18.1 Å². The molecule has 1 amide bonds. The predicted octanol–water partition coefficient (Wildman–Crippen LogP) is 3.11. The van der Waals surface area contributed by atoms with Gasteiger partial charge in [-0.05, 0) is 38.8 Å². The predicted molar refractivity (Wildman–Crippen MR) is 81.1 cm³/mol. The third kappa shape index (κ3) is 3.72. The second-order valence-corrected chi connectivity index (χ2v) is 6.58. The monoisotopic (exact) mass is 328 g/mol. The number of hydrogen-bond donors (Lipinski definition) is 1. The number of ether oxygens (including phenoxy) is 2. The van der Waals surface area contributed by atoms with Crippen molar-refractivity contribution >= 4 is 6.09 Å². The highest BCUT2D eigenvalue weighted by atomic mass is 19.1. The molecule has 0 aliphatic carbocycles. The highest BCUT2D eigenvalue weighted by molar-refractivity contribution is 5.68. The lowest BCUT2D eigenvalue weighted by Gasteiger charge is -2.26. The first-order valence-electron chi connectivity index (χ1n) is 7.42. The van der Waals surface area contributed by atoms with E-state index in [1.54, 1.807) is 20.8 Å². The number of methoxy groups -OCH3 is 1. The summed E-state index contributed by atoms with van der Waals surface area (Å²) in [4.78, 5) is 13.6. The van der Waals surface area contributed by atoms with Crippen molar-refractivity contribution in [2.75, 3.05) is 13.7 Å². The molecule has 128 valence electrons. The van der Waals surface area contributed by atoms with Gasteiger partial charge in [-0.15, -0.1) is 0 Å². The minimum atomic E-state index is -0.818. The maximum atomic E-state index is 14.5. The molecule has 1 aliphatic heterocycles. The number of fused-ring (bicyclic) bond motifs is 1. The van der Waals surface area contributed by atoms with Crippen molar-refractivity contribution in [3.05, 3.63) is 28.8 Å². The molecule has 1 aliphatic rings. The number of nitrogens with two attached hydrogens (primary N) is 1. The van der Waals surface area contributed by atoms with Crippen LogP contribution in [0.3, 0.4) is 0 Å². The molecule has 2 rings (SSSR count). The Morgan fingerprint density at radius 2 is 2.04 bits per heavy atom. The molecule has 1 aromatic carbocycles. The Bertz CT molecular complexity index is 614. The summed E-state index contributed by atoms with van der Waals surface area (Å²) in [6.07, 6.45) is -0.188. The van der Waals surface area contributed by atoms with E-state index in [0.717, 1.165) is 0 Å². The van der Waals surface area contributed by atoms with Crippen LogP contribution in [0.15, 0.2) is 6.07 Å². The summed E-state index contributed by atoms with van der Waals surface area (Å²) in [5.74, 6) is -2.08. The lowest BCUT2D eigenvalue weighted by Crippen LogP contribution is -2.36. The molecule has 5 nitrogen and oxygen atoms in total. The smallest absolute Gasteiger partial charge is 0.410 e. The molecule has 0 spiro atoms. The summed E-state index contributed by atoms with van der Waals surface area (Å²) >= 11 is 0. The van der Waals surface area contributed by atoms with Gasteiger partial charge in [0.1, 0.15) is 5.60 Å². The molecule has 1 atom stereocenters. The fourth-order valence-electron chi connectivity index (χ4n) is 2.59. The van der Waals surface area contributed by atoms with Crippen LogP contribution in [0.4, 0.5) is 13.6 Å². The number of rotatable bonds is 1. The topological polar surface area (TPSA) is 64.8 Å². The molecular weight excluding hydrogens is 306 g/mol. The van der Waals surface area contributed by atoms with Crippen molar-refractivity contribution < 1.29 is 23.0 Å². The SMILES string of the molecule is COc1c(F)cc2c(c1F)[C@H](N)CCN(C(=O)OC(C)(C)C)C2. The molecule has 1 heterocycles. The van der Waals surface area contributed by atoms with Gasteiger partial charge in [-0.1, -0.05) is 0 Å². The van der Waals surface area contributed by atoms with Crippen molar-refractivity contribution in [2.45, 2.75) is 45.4 Å². The van der Waals surface area contributed by atoms with E-state index in [-0.39, 0.29) is 12.1 Å². The van der Waals surface area contributed by atoms with Gasteiger partial charge < -0.3 is 20.1 Å². The van der Waals surface area contributed by atoms with Crippen LogP contribution in [-0.2, 0) is 11.3 Å². The third-order valence-corrected chi connectivity index (χ3v) is 3.60. The first kappa shape index (κ1) is 17.5. The fourth-order valence-corrected chi connectivity index (χ4v) is 2.59. The van der Waals surface area contributed by atoms with Crippen molar-refractivity contribution in [3.8, 4) is 5.75 Å². The minimum absolute atomic E-state index is 0.0375. The molecule has 0 unspecified atom stereocenters. The van der Waals surface area contributed by atoms with Crippen LogP contribution in [0, 0.1) is 11.6 Å². The van der Waals surface area contributed by atoms with Crippen LogP contribution in [0.1, 0.15) is 44.4 Å². The summed E-state index contributed by atoms with van der Waals surface area (Å²) < 4.78 is 38.5. The number of amides is 1. The Morgan fingerprint density at radius 3 is 2.61 bits per heavy atom. The van der Waals surface area contributed by atoms with Gasteiger partial charge in [0.2, 0.25) is 0 Å².